The molecule has 3 aliphatic rings. The predicted molar refractivity (Wildman–Crippen MR) is 113 cm³/mol. The van der Waals surface area contributed by atoms with Gasteiger partial charge in [0.15, 0.2) is 21.4 Å². The molecule has 6 nitrogen and oxygen atoms in total. The van der Waals surface area contributed by atoms with Crippen LogP contribution in [0.2, 0.25) is 0 Å². The summed E-state index contributed by atoms with van der Waals surface area (Å²) in [7, 11) is -3.25. The van der Waals surface area contributed by atoms with Crippen molar-refractivity contribution in [3.63, 3.8) is 0 Å². The van der Waals surface area contributed by atoms with Crippen LogP contribution in [0.25, 0.3) is 0 Å². The zero-order chi connectivity index (χ0) is 21.2. The molecule has 1 aliphatic heterocycles. The van der Waals surface area contributed by atoms with Crippen LogP contribution in [-0.2, 0) is 15.3 Å². The van der Waals surface area contributed by atoms with Gasteiger partial charge in [0.25, 0.3) is 0 Å². The molecule has 0 bridgehead atoms. The smallest absolute Gasteiger partial charge is 0.317 e. The first kappa shape index (κ1) is 21.2. The van der Waals surface area contributed by atoms with Crippen LogP contribution in [0, 0.1) is 11.7 Å². The van der Waals surface area contributed by atoms with Crippen LogP contribution >= 0.6 is 0 Å². The van der Waals surface area contributed by atoms with E-state index in [1.165, 1.54) is 6.07 Å². The van der Waals surface area contributed by atoms with Gasteiger partial charge >= 0.3 is 6.03 Å². The fraction of sp³-hybridized carbons (Fsp3) is 0.591. The first-order valence-corrected chi connectivity index (χ1v) is 12.5. The van der Waals surface area contributed by atoms with Crippen LogP contribution in [0.1, 0.15) is 37.7 Å². The van der Waals surface area contributed by atoms with Crippen molar-refractivity contribution in [2.24, 2.45) is 5.92 Å². The summed E-state index contributed by atoms with van der Waals surface area (Å²) in [6, 6.07) is 4.70. The summed E-state index contributed by atoms with van der Waals surface area (Å²) >= 11 is 0. The van der Waals surface area contributed by atoms with Crippen molar-refractivity contribution < 1.29 is 22.3 Å². The van der Waals surface area contributed by atoms with Crippen molar-refractivity contribution in [1.29, 1.82) is 0 Å². The molecule has 30 heavy (non-hydrogen) atoms. The first-order valence-electron chi connectivity index (χ1n) is 10.7. The highest BCUT2D eigenvalue weighted by Gasteiger charge is 2.47. The van der Waals surface area contributed by atoms with Gasteiger partial charge in [-0.1, -0.05) is 18.2 Å². The molecule has 1 aromatic carbocycles. The molecule has 2 amide bonds. The summed E-state index contributed by atoms with van der Waals surface area (Å²) in [4.78, 5) is 13.2. The summed E-state index contributed by atoms with van der Waals surface area (Å²) < 4.78 is 45.1. The van der Waals surface area contributed by atoms with Crippen molar-refractivity contribution in [3.05, 3.63) is 41.7 Å². The molecule has 164 valence electrons. The molecule has 8 heteroatoms. The minimum atomic E-state index is -3.25. The molecule has 1 aromatic rings. The zero-order valence-electron chi connectivity index (χ0n) is 17.1. The number of carbonyl (C=O) groups excluding carboxylic acids is 1. The molecule has 0 spiro atoms. The summed E-state index contributed by atoms with van der Waals surface area (Å²) in [6.07, 6.45) is 7.93. The third-order valence-corrected chi connectivity index (χ3v) is 7.95. The molecule has 0 radical (unpaired) electrons. The van der Waals surface area contributed by atoms with Crippen molar-refractivity contribution in [1.82, 2.24) is 10.2 Å². The van der Waals surface area contributed by atoms with Crippen LogP contribution < -0.4 is 10.1 Å². The summed E-state index contributed by atoms with van der Waals surface area (Å²) in [6.45, 7) is 2.35. The second-order valence-corrected chi connectivity index (χ2v) is 10.9. The highest BCUT2D eigenvalue weighted by molar-refractivity contribution is 7.91. The molecule has 4 rings (SSSR count). The Kier molecular flexibility index (Phi) is 6.04. The topological polar surface area (TPSA) is 75.7 Å². The van der Waals surface area contributed by atoms with Crippen molar-refractivity contribution in [3.8, 4) is 5.75 Å². The lowest BCUT2D eigenvalue weighted by atomic mass is 9.98. The lowest BCUT2D eigenvalue weighted by Gasteiger charge is -2.17. The minimum Gasteiger partial charge on any atom is -0.490 e. The number of sulfone groups is 1. The molecule has 0 aromatic heterocycles. The molecular formula is C22H29FN2O4S. The highest BCUT2D eigenvalue weighted by atomic mass is 32.2. The average Bonchev–Trinajstić information content (AvgIpc) is 3.62. The molecule has 1 N–H and O–H groups in total. The van der Waals surface area contributed by atoms with Crippen LogP contribution in [0.5, 0.6) is 5.75 Å². The Bertz CT molecular complexity index is 923. The normalized spacial score (nSPS) is 20.6. The lowest BCUT2D eigenvalue weighted by Crippen LogP contribution is -2.28. The average molecular weight is 437 g/mol. The third-order valence-electron chi connectivity index (χ3n) is 6.10. The van der Waals surface area contributed by atoms with Gasteiger partial charge in [0, 0.05) is 25.0 Å². The molecule has 0 unspecified atom stereocenters. The van der Waals surface area contributed by atoms with Gasteiger partial charge in [-0.3, -0.25) is 0 Å². The third kappa shape index (κ3) is 5.33. The molecule has 1 heterocycles. The summed E-state index contributed by atoms with van der Waals surface area (Å²) in [5, 5.41) is 2.73. The van der Waals surface area contributed by atoms with Crippen LogP contribution in [0.3, 0.4) is 0 Å². The van der Waals surface area contributed by atoms with E-state index in [9.17, 15) is 17.6 Å². The van der Waals surface area contributed by atoms with Crippen molar-refractivity contribution in [2.75, 3.05) is 37.7 Å². The molecule has 3 fully saturated rings. The Morgan fingerprint density at radius 2 is 2.07 bits per heavy atom. The maximum absolute atomic E-state index is 14.1. The number of amides is 2. The number of nitrogens with one attached hydrogen (secondary N) is 1. The number of halogens is 1. The van der Waals surface area contributed by atoms with E-state index in [4.69, 9.17) is 4.74 Å². The number of rotatable bonds is 11. The number of carbonyl (C=O) groups is 1. The van der Waals surface area contributed by atoms with E-state index in [2.05, 4.69) is 5.32 Å². The number of nitrogens with zero attached hydrogens (tertiary/aromatic N) is 1. The van der Waals surface area contributed by atoms with E-state index in [0.29, 0.717) is 38.6 Å². The maximum atomic E-state index is 14.1. The van der Waals surface area contributed by atoms with Gasteiger partial charge in [-0.25, -0.2) is 17.6 Å². The molecule has 0 atom stereocenters. The monoisotopic (exact) mass is 436 g/mol. The van der Waals surface area contributed by atoms with Gasteiger partial charge in [0.05, 0.1) is 18.1 Å². The molecular weight excluding hydrogens is 407 g/mol. The number of ether oxygens (including phenoxy) is 1. The number of allylic oxidation sites excluding steroid dienone is 1. The van der Waals surface area contributed by atoms with Gasteiger partial charge in [-0.2, -0.15) is 0 Å². The number of hydrogen-bond acceptors (Lipinski definition) is 4. The van der Waals surface area contributed by atoms with Gasteiger partial charge in [0.1, 0.15) is 0 Å². The van der Waals surface area contributed by atoms with Crippen LogP contribution in [0.4, 0.5) is 9.18 Å². The van der Waals surface area contributed by atoms with Crippen molar-refractivity contribution >= 4 is 15.9 Å². The first-order chi connectivity index (χ1) is 14.4. The van der Waals surface area contributed by atoms with E-state index in [1.54, 1.807) is 17.0 Å². The Morgan fingerprint density at radius 1 is 1.27 bits per heavy atom. The second kappa shape index (κ2) is 8.57. The van der Waals surface area contributed by atoms with E-state index >= 15 is 0 Å². The summed E-state index contributed by atoms with van der Waals surface area (Å²) in [5.41, 5.74) is 0.440. The lowest BCUT2D eigenvalue weighted by molar-refractivity contribution is 0.221. The Hall–Kier alpha value is -2.09. The van der Waals surface area contributed by atoms with Crippen LogP contribution in [0.15, 0.2) is 30.4 Å². The van der Waals surface area contributed by atoms with E-state index in [1.807, 2.05) is 12.2 Å². The zero-order valence-corrected chi connectivity index (χ0v) is 17.9. The quantitative estimate of drug-likeness (QED) is 0.541. The fourth-order valence-corrected chi connectivity index (χ4v) is 5.79. The Labute approximate surface area is 177 Å². The van der Waals surface area contributed by atoms with Gasteiger partial charge in [-0.05, 0) is 55.7 Å². The number of hydrogen-bond donors (Lipinski definition) is 1. The fourth-order valence-electron chi connectivity index (χ4n) is 3.85. The number of benzene rings is 1. The molecule has 2 aliphatic carbocycles. The van der Waals surface area contributed by atoms with E-state index < -0.39 is 21.1 Å². The molecule has 2 saturated carbocycles. The largest absolute Gasteiger partial charge is 0.490 e. The SMILES string of the molecule is O=C1NCCN1C/C=C/CCS(=O)(=O)CC1(c2ccc(F)c(OCC3CC3)c2)CC1. The van der Waals surface area contributed by atoms with E-state index in [0.717, 1.165) is 31.2 Å². The highest BCUT2D eigenvalue weighted by Crippen LogP contribution is 2.50. The predicted octanol–water partition coefficient (Wildman–Crippen LogP) is 3.03. The number of urea groups is 1. The van der Waals surface area contributed by atoms with E-state index in [-0.39, 0.29) is 23.3 Å². The van der Waals surface area contributed by atoms with Gasteiger partial charge in [0.2, 0.25) is 0 Å². The van der Waals surface area contributed by atoms with Gasteiger partial charge in [-0.15, -0.1) is 0 Å². The minimum absolute atomic E-state index is 0.0731. The standard InChI is InChI=1S/C22H29FN2O4S/c23-19-7-6-18(14-20(19)29-15-17-4-5-17)22(8-9-22)16-30(27,28)13-3-1-2-11-25-12-10-24-21(25)26/h1-2,6-7,14,17H,3-5,8-13,15-16H2,(H,24,26)/b2-1+. The molecule has 1 saturated heterocycles. The Balaban J connectivity index is 1.31. The Morgan fingerprint density at radius 3 is 2.73 bits per heavy atom. The second-order valence-electron chi connectivity index (χ2n) is 8.71. The van der Waals surface area contributed by atoms with Crippen molar-refractivity contribution in [2.45, 2.75) is 37.5 Å². The van der Waals surface area contributed by atoms with Crippen LogP contribution in [-0.4, -0.2) is 57.1 Å². The van der Waals surface area contributed by atoms with Gasteiger partial charge < -0.3 is 15.0 Å². The summed E-state index contributed by atoms with van der Waals surface area (Å²) in [5.74, 6) is 0.516. The maximum Gasteiger partial charge on any atom is 0.317 e.